The highest BCUT2D eigenvalue weighted by Gasteiger charge is 2.51. The molecule has 0 radical (unpaired) electrons. The van der Waals surface area contributed by atoms with Crippen molar-refractivity contribution in [1.29, 1.82) is 0 Å². The summed E-state index contributed by atoms with van der Waals surface area (Å²) in [6.45, 7) is 9.07. The molecule has 1 saturated heterocycles. The lowest BCUT2D eigenvalue weighted by atomic mass is 9.70. The van der Waals surface area contributed by atoms with Gasteiger partial charge in [0.1, 0.15) is 0 Å². The normalized spacial score (nSPS) is 31.2. The Labute approximate surface area is 109 Å². The van der Waals surface area contributed by atoms with Gasteiger partial charge in [0, 0.05) is 29.4 Å². The molecule has 100 valence electrons. The van der Waals surface area contributed by atoms with E-state index in [1.54, 1.807) is 0 Å². The fraction of sp³-hybridized carbons (Fsp3) is 0.786. The van der Waals surface area contributed by atoms with Crippen LogP contribution in [0.5, 0.6) is 0 Å². The van der Waals surface area contributed by atoms with Crippen LogP contribution in [0.1, 0.15) is 45.3 Å². The maximum atomic E-state index is 6.52. The summed E-state index contributed by atoms with van der Waals surface area (Å²) >= 11 is 0. The first-order valence-corrected chi connectivity index (χ1v) is 7.10. The molecule has 2 aliphatic rings. The summed E-state index contributed by atoms with van der Waals surface area (Å²) in [7, 11) is 0. The molecule has 2 atom stereocenters. The second-order valence-electron chi connectivity index (χ2n) is 6.21. The highest BCUT2D eigenvalue weighted by Crippen LogP contribution is 2.46. The lowest BCUT2D eigenvalue weighted by Crippen LogP contribution is -2.52. The fourth-order valence-corrected chi connectivity index (χ4v) is 3.85. The van der Waals surface area contributed by atoms with E-state index in [-0.39, 0.29) is 11.5 Å². The molecule has 1 aromatic heterocycles. The van der Waals surface area contributed by atoms with E-state index in [1.165, 1.54) is 18.5 Å². The molecule has 3 rings (SSSR count). The Morgan fingerprint density at radius 1 is 1.39 bits per heavy atom. The zero-order valence-electron chi connectivity index (χ0n) is 11.6. The first-order valence-electron chi connectivity index (χ1n) is 7.10. The maximum Gasteiger partial charge on any atom is 0.0654 e. The molecular weight excluding hydrogens is 224 g/mol. The molecule has 2 aliphatic heterocycles. The molecule has 0 bridgehead atoms. The molecule has 1 unspecified atom stereocenters. The van der Waals surface area contributed by atoms with Gasteiger partial charge in [-0.25, -0.2) is 0 Å². The minimum atomic E-state index is 0.168. The van der Waals surface area contributed by atoms with Crippen molar-refractivity contribution >= 4 is 0 Å². The van der Waals surface area contributed by atoms with Crippen LogP contribution in [-0.4, -0.2) is 39.9 Å². The lowest BCUT2D eigenvalue weighted by molar-refractivity contribution is 0.116. The number of piperidine rings is 1. The van der Waals surface area contributed by atoms with Gasteiger partial charge < -0.3 is 10.6 Å². The van der Waals surface area contributed by atoms with Crippen LogP contribution in [0.25, 0.3) is 0 Å². The smallest absolute Gasteiger partial charge is 0.0654 e. The van der Waals surface area contributed by atoms with E-state index in [0.29, 0.717) is 12.1 Å². The van der Waals surface area contributed by atoms with Gasteiger partial charge in [-0.15, -0.1) is 0 Å². The van der Waals surface area contributed by atoms with Crippen LogP contribution >= 0.6 is 0 Å². The van der Waals surface area contributed by atoms with Crippen LogP contribution in [0.4, 0.5) is 0 Å². The van der Waals surface area contributed by atoms with E-state index in [9.17, 15) is 0 Å². The summed E-state index contributed by atoms with van der Waals surface area (Å²) in [5.74, 6) is 0. The Hall–Kier alpha value is -0.870. The second-order valence-corrected chi connectivity index (χ2v) is 6.21. The predicted octanol–water partition coefficient (Wildman–Crippen LogP) is 1.53. The van der Waals surface area contributed by atoms with Crippen LogP contribution in [-0.2, 0) is 5.41 Å². The van der Waals surface area contributed by atoms with Crippen molar-refractivity contribution in [3.8, 4) is 0 Å². The van der Waals surface area contributed by atoms with Gasteiger partial charge in [-0.2, -0.15) is 5.10 Å². The number of nitrogens with zero attached hydrogens (tertiary/aromatic N) is 3. The molecule has 1 aromatic rings. The zero-order valence-corrected chi connectivity index (χ0v) is 11.6. The van der Waals surface area contributed by atoms with Crippen LogP contribution in [0, 0.1) is 0 Å². The van der Waals surface area contributed by atoms with Crippen molar-refractivity contribution in [2.45, 2.75) is 57.2 Å². The number of hydrogen-bond donors (Lipinski definition) is 1. The molecule has 4 nitrogen and oxygen atoms in total. The van der Waals surface area contributed by atoms with E-state index < -0.39 is 0 Å². The molecule has 4 heteroatoms. The van der Waals surface area contributed by atoms with E-state index in [4.69, 9.17) is 5.73 Å². The maximum absolute atomic E-state index is 6.52. The van der Waals surface area contributed by atoms with Gasteiger partial charge in [-0.1, -0.05) is 0 Å². The molecular formula is C14H24N4. The average molecular weight is 248 g/mol. The first-order chi connectivity index (χ1) is 8.56. The highest BCUT2D eigenvalue weighted by molar-refractivity contribution is 5.28. The van der Waals surface area contributed by atoms with Gasteiger partial charge in [-0.05, 0) is 52.8 Å². The molecule has 0 aromatic carbocycles. The summed E-state index contributed by atoms with van der Waals surface area (Å²) < 4.78 is 2.15. The van der Waals surface area contributed by atoms with Gasteiger partial charge in [-0.3, -0.25) is 4.68 Å². The number of fused-ring (bicyclic) bond motifs is 2. The quantitative estimate of drug-likeness (QED) is 0.820. The van der Waals surface area contributed by atoms with Crippen LogP contribution in [0.2, 0.25) is 0 Å². The Morgan fingerprint density at radius 3 is 2.67 bits per heavy atom. The second kappa shape index (κ2) is 4.07. The van der Waals surface area contributed by atoms with Gasteiger partial charge in [0.2, 0.25) is 0 Å². The number of rotatable bonds is 1. The summed E-state index contributed by atoms with van der Waals surface area (Å²) in [5.41, 5.74) is 8.06. The van der Waals surface area contributed by atoms with Crippen molar-refractivity contribution in [1.82, 2.24) is 14.7 Å². The van der Waals surface area contributed by atoms with Crippen LogP contribution < -0.4 is 5.73 Å². The summed E-state index contributed by atoms with van der Waals surface area (Å²) in [6, 6.07) is 3.37. The SMILES string of the molecule is CC(C)N1CCC2(CC1)c1ccnn1C(C)[C@H]2N. The first kappa shape index (κ1) is 12.2. The number of nitrogens with two attached hydrogens (primary N) is 1. The molecule has 0 aliphatic carbocycles. The molecule has 18 heavy (non-hydrogen) atoms. The van der Waals surface area contributed by atoms with Gasteiger partial charge in [0.25, 0.3) is 0 Å². The predicted molar refractivity (Wildman–Crippen MR) is 72.5 cm³/mol. The van der Waals surface area contributed by atoms with Crippen molar-refractivity contribution in [3.05, 3.63) is 18.0 Å². The van der Waals surface area contributed by atoms with E-state index in [2.05, 4.69) is 41.5 Å². The van der Waals surface area contributed by atoms with Crippen molar-refractivity contribution in [2.75, 3.05) is 13.1 Å². The van der Waals surface area contributed by atoms with Crippen LogP contribution in [0.3, 0.4) is 0 Å². The molecule has 2 N–H and O–H groups in total. The number of aromatic nitrogens is 2. The Bertz CT molecular complexity index is 429. The number of hydrogen-bond acceptors (Lipinski definition) is 3. The third-order valence-corrected chi connectivity index (χ3v) is 5.14. The van der Waals surface area contributed by atoms with E-state index >= 15 is 0 Å². The fourth-order valence-electron chi connectivity index (χ4n) is 3.85. The van der Waals surface area contributed by atoms with E-state index in [0.717, 1.165) is 13.1 Å². The van der Waals surface area contributed by atoms with Gasteiger partial charge in [0.05, 0.1) is 6.04 Å². The topological polar surface area (TPSA) is 47.1 Å². The molecule has 1 spiro atoms. The minimum absolute atomic E-state index is 0.168. The van der Waals surface area contributed by atoms with E-state index in [1.807, 2.05) is 6.20 Å². The van der Waals surface area contributed by atoms with Crippen LogP contribution in [0.15, 0.2) is 12.3 Å². The molecule has 0 amide bonds. The average Bonchev–Trinajstić information content (AvgIpc) is 2.91. The Balaban J connectivity index is 1.89. The molecule has 3 heterocycles. The largest absolute Gasteiger partial charge is 0.325 e. The highest BCUT2D eigenvalue weighted by atomic mass is 15.3. The summed E-state index contributed by atoms with van der Waals surface area (Å²) in [6.07, 6.45) is 4.26. The third kappa shape index (κ3) is 1.48. The monoisotopic (exact) mass is 248 g/mol. The lowest BCUT2D eigenvalue weighted by Gasteiger charge is -2.43. The third-order valence-electron chi connectivity index (χ3n) is 5.14. The summed E-state index contributed by atoms with van der Waals surface area (Å²) in [4.78, 5) is 2.56. The Kier molecular flexibility index (Phi) is 2.75. The van der Waals surface area contributed by atoms with Crippen molar-refractivity contribution < 1.29 is 0 Å². The van der Waals surface area contributed by atoms with Gasteiger partial charge in [0.15, 0.2) is 0 Å². The summed E-state index contributed by atoms with van der Waals surface area (Å²) in [5, 5.41) is 4.45. The zero-order chi connectivity index (χ0) is 12.9. The minimum Gasteiger partial charge on any atom is -0.325 e. The van der Waals surface area contributed by atoms with Crippen molar-refractivity contribution in [2.24, 2.45) is 5.73 Å². The van der Waals surface area contributed by atoms with Gasteiger partial charge >= 0.3 is 0 Å². The molecule has 1 fully saturated rings. The Morgan fingerprint density at radius 2 is 2.06 bits per heavy atom. The van der Waals surface area contributed by atoms with Crippen molar-refractivity contribution in [3.63, 3.8) is 0 Å². The number of likely N-dealkylation sites (tertiary alicyclic amines) is 1. The standard InChI is InChI=1S/C14H24N4/c1-10(2)17-8-5-14(6-9-17)12-4-7-16-18(12)11(3)13(14)15/h4,7,10-11,13H,5-6,8-9,15H2,1-3H3/t11?,13-/m1/s1. The molecule has 0 saturated carbocycles.